The van der Waals surface area contributed by atoms with Crippen molar-refractivity contribution >= 4 is 23.2 Å². The molecule has 0 aliphatic heterocycles. The van der Waals surface area contributed by atoms with Crippen LogP contribution in [0.1, 0.15) is 25.3 Å². The number of amides is 1. The number of anilines is 1. The molecule has 0 fully saturated rings. The third-order valence-corrected chi connectivity index (χ3v) is 3.62. The lowest BCUT2D eigenvalue weighted by molar-refractivity contribution is -0.118. The summed E-state index contributed by atoms with van der Waals surface area (Å²) < 4.78 is 26.8. The second-order valence-electron chi connectivity index (χ2n) is 5.39. The van der Waals surface area contributed by atoms with Crippen LogP contribution in [0.15, 0.2) is 42.5 Å². The van der Waals surface area contributed by atoms with Crippen molar-refractivity contribution < 1.29 is 13.6 Å². The van der Waals surface area contributed by atoms with E-state index in [1.807, 2.05) is 13.8 Å². The average molecular weight is 324 g/mol. The minimum absolute atomic E-state index is 0.0159. The van der Waals surface area contributed by atoms with Gasteiger partial charge in [0, 0.05) is 11.1 Å². The average Bonchev–Trinajstić information content (AvgIpc) is 2.45. The molecule has 22 heavy (non-hydrogen) atoms. The Kier molecular flexibility index (Phi) is 5.14. The molecular formula is C17H16ClF2NO. The second kappa shape index (κ2) is 6.88. The lowest BCUT2D eigenvalue weighted by Gasteiger charge is -2.21. The minimum atomic E-state index is -0.673. The molecular weight excluding hydrogens is 308 g/mol. The first kappa shape index (κ1) is 16.4. The van der Waals surface area contributed by atoms with Crippen LogP contribution in [0.2, 0.25) is 5.02 Å². The highest BCUT2D eigenvalue weighted by molar-refractivity contribution is 6.30. The van der Waals surface area contributed by atoms with Crippen LogP contribution in [0, 0.1) is 17.6 Å². The highest BCUT2D eigenvalue weighted by Gasteiger charge is 2.25. The fourth-order valence-electron chi connectivity index (χ4n) is 2.31. The van der Waals surface area contributed by atoms with E-state index in [9.17, 15) is 13.6 Å². The quantitative estimate of drug-likeness (QED) is 0.843. The Morgan fingerprint density at radius 3 is 2.32 bits per heavy atom. The van der Waals surface area contributed by atoms with Gasteiger partial charge in [0.25, 0.3) is 0 Å². The molecule has 2 aromatic rings. The van der Waals surface area contributed by atoms with Crippen LogP contribution in [-0.2, 0) is 4.79 Å². The molecule has 2 rings (SSSR count). The van der Waals surface area contributed by atoms with E-state index in [0.717, 1.165) is 23.8 Å². The van der Waals surface area contributed by atoms with Crippen molar-refractivity contribution in [1.82, 2.24) is 0 Å². The van der Waals surface area contributed by atoms with Gasteiger partial charge in [-0.1, -0.05) is 37.6 Å². The summed E-state index contributed by atoms with van der Waals surface area (Å²) in [5.74, 6) is -2.17. The Balaban J connectivity index is 2.27. The summed E-state index contributed by atoms with van der Waals surface area (Å²) >= 11 is 5.85. The van der Waals surface area contributed by atoms with Gasteiger partial charge in [-0.3, -0.25) is 4.79 Å². The summed E-state index contributed by atoms with van der Waals surface area (Å²) in [6.07, 6.45) is 0. The number of halogens is 3. The maximum absolute atomic E-state index is 13.7. The van der Waals surface area contributed by atoms with Gasteiger partial charge in [0.2, 0.25) is 5.91 Å². The fourth-order valence-corrected chi connectivity index (χ4v) is 2.44. The molecule has 1 N–H and O–H groups in total. The molecule has 0 spiro atoms. The van der Waals surface area contributed by atoms with Gasteiger partial charge in [-0.15, -0.1) is 0 Å². The van der Waals surface area contributed by atoms with Gasteiger partial charge in [-0.25, -0.2) is 8.78 Å². The zero-order chi connectivity index (χ0) is 16.3. The summed E-state index contributed by atoms with van der Waals surface area (Å²) in [5.41, 5.74) is 0.610. The van der Waals surface area contributed by atoms with Crippen LogP contribution in [0.25, 0.3) is 0 Å². The van der Waals surface area contributed by atoms with Crippen LogP contribution in [0.5, 0.6) is 0 Å². The summed E-state index contributed by atoms with van der Waals surface area (Å²) in [7, 11) is 0. The number of carbonyl (C=O) groups is 1. The van der Waals surface area contributed by atoms with E-state index in [4.69, 9.17) is 11.6 Å². The van der Waals surface area contributed by atoms with E-state index in [1.165, 1.54) is 0 Å². The highest BCUT2D eigenvalue weighted by atomic mass is 35.5. The molecule has 0 heterocycles. The van der Waals surface area contributed by atoms with Crippen molar-refractivity contribution in [2.75, 3.05) is 5.32 Å². The Morgan fingerprint density at radius 2 is 1.73 bits per heavy atom. The summed E-state index contributed by atoms with van der Waals surface area (Å²) in [6, 6.07) is 9.86. The van der Waals surface area contributed by atoms with E-state index in [2.05, 4.69) is 5.32 Å². The minimum Gasteiger partial charge on any atom is -0.323 e. The van der Waals surface area contributed by atoms with E-state index in [0.29, 0.717) is 5.02 Å². The first-order valence-electron chi connectivity index (χ1n) is 6.90. The number of carbonyl (C=O) groups excluding carboxylic acids is 1. The van der Waals surface area contributed by atoms with Crippen molar-refractivity contribution in [3.05, 3.63) is 64.7 Å². The van der Waals surface area contributed by atoms with Crippen LogP contribution in [0.3, 0.4) is 0 Å². The standard InChI is InChI=1S/C17H16ClF2NO/c1-10(2)16(11-3-5-12(18)6-4-11)17(22)21-15-9-13(19)7-8-14(15)20/h3-10,16H,1-2H3,(H,21,22)/t16-/m1/s1. The molecule has 0 aromatic heterocycles. The largest absolute Gasteiger partial charge is 0.323 e. The molecule has 2 aromatic carbocycles. The number of benzene rings is 2. The number of hydrogen-bond acceptors (Lipinski definition) is 1. The molecule has 0 radical (unpaired) electrons. The smallest absolute Gasteiger partial charge is 0.232 e. The highest BCUT2D eigenvalue weighted by Crippen LogP contribution is 2.28. The Labute approximate surface area is 133 Å². The van der Waals surface area contributed by atoms with Gasteiger partial charge >= 0.3 is 0 Å². The van der Waals surface area contributed by atoms with Crippen molar-refractivity contribution in [2.45, 2.75) is 19.8 Å². The molecule has 0 saturated heterocycles. The van der Waals surface area contributed by atoms with Gasteiger partial charge in [0.1, 0.15) is 11.6 Å². The molecule has 1 atom stereocenters. The van der Waals surface area contributed by atoms with Crippen molar-refractivity contribution in [1.29, 1.82) is 0 Å². The zero-order valence-electron chi connectivity index (χ0n) is 12.2. The van der Waals surface area contributed by atoms with Crippen molar-refractivity contribution in [3.8, 4) is 0 Å². The van der Waals surface area contributed by atoms with Crippen LogP contribution in [0.4, 0.5) is 14.5 Å². The zero-order valence-corrected chi connectivity index (χ0v) is 13.0. The first-order valence-corrected chi connectivity index (χ1v) is 7.27. The summed E-state index contributed by atoms with van der Waals surface area (Å²) in [6.45, 7) is 3.78. The van der Waals surface area contributed by atoms with Crippen LogP contribution in [-0.4, -0.2) is 5.91 Å². The lowest BCUT2D eigenvalue weighted by Crippen LogP contribution is -2.25. The topological polar surface area (TPSA) is 29.1 Å². The molecule has 0 aliphatic rings. The molecule has 1 amide bonds. The van der Waals surface area contributed by atoms with E-state index < -0.39 is 17.6 Å². The van der Waals surface area contributed by atoms with Gasteiger partial charge < -0.3 is 5.32 Å². The molecule has 5 heteroatoms. The maximum Gasteiger partial charge on any atom is 0.232 e. The molecule has 0 aliphatic carbocycles. The van der Waals surface area contributed by atoms with Gasteiger partial charge in [0.15, 0.2) is 0 Å². The van der Waals surface area contributed by atoms with Gasteiger partial charge in [-0.05, 0) is 35.7 Å². The number of hydrogen-bond donors (Lipinski definition) is 1. The molecule has 0 saturated carbocycles. The first-order chi connectivity index (χ1) is 10.4. The third-order valence-electron chi connectivity index (χ3n) is 3.36. The van der Waals surface area contributed by atoms with Crippen LogP contribution < -0.4 is 5.32 Å². The molecule has 0 bridgehead atoms. The third kappa shape index (κ3) is 3.83. The van der Waals surface area contributed by atoms with Gasteiger partial charge in [-0.2, -0.15) is 0 Å². The number of rotatable bonds is 4. The summed E-state index contributed by atoms with van der Waals surface area (Å²) in [5, 5.41) is 3.03. The summed E-state index contributed by atoms with van der Waals surface area (Å²) in [4.78, 5) is 12.5. The van der Waals surface area contributed by atoms with E-state index in [-0.39, 0.29) is 17.5 Å². The lowest BCUT2D eigenvalue weighted by atomic mass is 9.87. The van der Waals surface area contributed by atoms with Crippen molar-refractivity contribution in [3.63, 3.8) is 0 Å². The fraction of sp³-hybridized carbons (Fsp3) is 0.235. The van der Waals surface area contributed by atoms with Crippen molar-refractivity contribution in [2.24, 2.45) is 5.92 Å². The molecule has 116 valence electrons. The van der Waals surface area contributed by atoms with Gasteiger partial charge in [0.05, 0.1) is 11.6 Å². The Morgan fingerprint density at radius 1 is 1.09 bits per heavy atom. The van der Waals surface area contributed by atoms with E-state index >= 15 is 0 Å². The van der Waals surface area contributed by atoms with E-state index in [1.54, 1.807) is 24.3 Å². The predicted octanol–water partition coefficient (Wildman–Crippen LogP) is 5.00. The molecule has 0 unspecified atom stereocenters. The monoisotopic (exact) mass is 323 g/mol. The predicted molar refractivity (Wildman–Crippen MR) is 84.0 cm³/mol. The normalized spacial score (nSPS) is 12.3. The molecule has 2 nitrogen and oxygen atoms in total. The Bertz CT molecular complexity index is 671. The maximum atomic E-state index is 13.7. The number of nitrogens with one attached hydrogen (secondary N) is 1. The SMILES string of the molecule is CC(C)[C@@H](C(=O)Nc1cc(F)ccc1F)c1ccc(Cl)cc1. The second-order valence-corrected chi connectivity index (χ2v) is 5.82. The van der Waals surface area contributed by atoms with Crippen LogP contribution >= 0.6 is 11.6 Å². The Hall–Kier alpha value is -1.94.